The molecule has 7 nitrogen and oxygen atoms in total. The van der Waals surface area contributed by atoms with Gasteiger partial charge in [-0.2, -0.15) is 0 Å². The summed E-state index contributed by atoms with van der Waals surface area (Å²) < 4.78 is 4.90. The van der Waals surface area contributed by atoms with E-state index in [9.17, 15) is 14.7 Å². The number of hydrogen-bond donors (Lipinski definition) is 4. The topological polar surface area (TPSA) is 108 Å². The van der Waals surface area contributed by atoms with E-state index < -0.39 is 17.7 Å². The predicted octanol–water partition coefficient (Wildman–Crippen LogP) is 1.64. The molecule has 4 N–H and O–H groups in total. The number of rotatable bonds is 6. The summed E-state index contributed by atoms with van der Waals surface area (Å²) in [5.41, 5.74) is -0.225. The van der Waals surface area contributed by atoms with Crippen LogP contribution in [0.1, 0.15) is 23.7 Å². The van der Waals surface area contributed by atoms with Gasteiger partial charge in [0.25, 0.3) is 0 Å². The third-order valence-electron chi connectivity index (χ3n) is 2.65. The van der Waals surface area contributed by atoms with Gasteiger partial charge in [-0.3, -0.25) is 0 Å². The number of aromatic hydroxyl groups is 1. The number of aromatic carboxylic acids is 1. The highest BCUT2D eigenvalue weighted by atomic mass is 16.5. The molecule has 0 fully saturated rings. The van der Waals surface area contributed by atoms with Gasteiger partial charge in [0.15, 0.2) is 5.75 Å². The number of carbonyl (C=O) groups is 2. The molecule has 0 saturated carbocycles. The van der Waals surface area contributed by atoms with Crippen molar-refractivity contribution in [1.29, 1.82) is 0 Å². The summed E-state index contributed by atoms with van der Waals surface area (Å²) in [6.07, 6.45) is 0.644. The minimum atomic E-state index is -1.26. The highest BCUT2D eigenvalue weighted by Crippen LogP contribution is 2.27. The number of methoxy groups -OCH3 is 1. The molecule has 0 aromatic heterocycles. The van der Waals surface area contributed by atoms with Crippen molar-refractivity contribution >= 4 is 17.7 Å². The van der Waals surface area contributed by atoms with Gasteiger partial charge >= 0.3 is 12.0 Å². The molecule has 0 radical (unpaired) electrons. The summed E-state index contributed by atoms with van der Waals surface area (Å²) in [7, 11) is 1.57. The Balaban J connectivity index is 2.67. The van der Waals surface area contributed by atoms with Crippen molar-refractivity contribution in [3.05, 3.63) is 23.8 Å². The van der Waals surface area contributed by atoms with Gasteiger partial charge in [-0.25, -0.2) is 9.59 Å². The minimum absolute atomic E-state index is 0.0429. The number of phenols is 1. The first-order valence-electron chi connectivity index (χ1n) is 6.07. The Morgan fingerprint density at radius 2 is 2.10 bits per heavy atom. The van der Waals surface area contributed by atoms with Crippen LogP contribution in [-0.2, 0) is 4.74 Å². The zero-order valence-electron chi connectivity index (χ0n) is 11.3. The molecule has 0 aliphatic rings. The van der Waals surface area contributed by atoms with Gasteiger partial charge < -0.3 is 25.6 Å². The van der Waals surface area contributed by atoms with Crippen LogP contribution < -0.4 is 10.6 Å². The SMILES string of the molecule is COCCC(C)NC(=O)Nc1cccc(C(=O)O)c1O. The molecule has 110 valence electrons. The zero-order valence-corrected chi connectivity index (χ0v) is 11.3. The number of benzene rings is 1. The van der Waals surface area contributed by atoms with Crippen LogP contribution in [0.25, 0.3) is 0 Å². The molecule has 1 atom stereocenters. The van der Waals surface area contributed by atoms with Crippen molar-refractivity contribution in [3.63, 3.8) is 0 Å². The number of anilines is 1. The molecule has 0 aliphatic carbocycles. The normalized spacial score (nSPS) is 11.7. The first-order valence-corrected chi connectivity index (χ1v) is 6.07. The van der Waals surface area contributed by atoms with Crippen LogP contribution in [0.3, 0.4) is 0 Å². The average Bonchev–Trinajstić information content (AvgIpc) is 2.38. The first-order chi connectivity index (χ1) is 9.45. The van der Waals surface area contributed by atoms with E-state index in [1.54, 1.807) is 7.11 Å². The van der Waals surface area contributed by atoms with Crippen LogP contribution in [0.2, 0.25) is 0 Å². The predicted molar refractivity (Wildman–Crippen MR) is 73.2 cm³/mol. The van der Waals surface area contributed by atoms with Crippen molar-refractivity contribution in [2.45, 2.75) is 19.4 Å². The van der Waals surface area contributed by atoms with E-state index >= 15 is 0 Å². The van der Waals surface area contributed by atoms with Crippen LogP contribution in [0, 0.1) is 0 Å². The lowest BCUT2D eigenvalue weighted by Crippen LogP contribution is -2.36. The standard InChI is InChI=1S/C13H18N2O5/c1-8(6-7-20-2)14-13(19)15-10-5-3-4-9(11(10)16)12(17)18/h3-5,8,16H,6-7H2,1-2H3,(H,17,18)(H2,14,15,19). The maximum Gasteiger partial charge on any atom is 0.339 e. The van der Waals surface area contributed by atoms with Gasteiger partial charge in [-0.05, 0) is 25.5 Å². The quantitative estimate of drug-likeness (QED) is 0.593. The highest BCUT2D eigenvalue weighted by molar-refractivity contribution is 5.97. The minimum Gasteiger partial charge on any atom is -0.505 e. The fourth-order valence-electron chi connectivity index (χ4n) is 1.57. The molecule has 0 spiro atoms. The fourth-order valence-corrected chi connectivity index (χ4v) is 1.57. The molecule has 1 unspecified atom stereocenters. The van der Waals surface area contributed by atoms with E-state index in [0.717, 1.165) is 0 Å². The molecule has 1 aromatic rings. The number of carbonyl (C=O) groups excluding carboxylic acids is 1. The lowest BCUT2D eigenvalue weighted by atomic mass is 10.1. The van der Waals surface area contributed by atoms with Gasteiger partial charge in [0, 0.05) is 19.8 Å². The number of para-hydroxylation sites is 1. The average molecular weight is 282 g/mol. The van der Waals surface area contributed by atoms with Crippen LogP contribution in [0.4, 0.5) is 10.5 Å². The molecule has 2 amide bonds. The molecule has 7 heteroatoms. The number of hydrogen-bond acceptors (Lipinski definition) is 4. The Kier molecular flexibility index (Phi) is 5.79. The third kappa shape index (κ3) is 4.43. The van der Waals surface area contributed by atoms with Crippen molar-refractivity contribution in [1.82, 2.24) is 5.32 Å². The summed E-state index contributed by atoms with van der Waals surface area (Å²) in [6.45, 7) is 2.33. The molecule has 1 aromatic carbocycles. The highest BCUT2D eigenvalue weighted by Gasteiger charge is 2.15. The Bertz CT molecular complexity index is 490. The number of nitrogens with one attached hydrogen (secondary N) is 2. The van der Waals surface area contributed by atoms with Crippen LogP contribution >= 0.6 is 0 Å². The lowest BCUT2D eigenvalue weighted by Gasteiger charge is -2.15. The molecule has 0 heterocycles. The van der Waals surface area contributed by atoms with Crippen LogP contribution in [0.5, 0.6) is 5.75 Å². The van der Waals surface area contributed by atoms with Gasteiger partial charge in [-0.15, -0.1) is 0 Å². The van der Waals surface area contributed by atoms with Gasteiger partial charge in [0.1, 0.15) is 5.56 Å². The maximum absolute atomic E-state index is 11.7. The molecule has 0 bridgehead atoms. The van der Waals surface area contributed by atoms with Crippen molar-refractivity contribution in [2.75, 3.05) is 19.0 Å². The van der Waals surface area contributed by atoms with Crippen molar-refractivity contribution in [3.8, 4) is 5.75 Å². The third-order valence-corrected chi connectivity index (χ3v) is 2.65. The van der Waals surface area contributed by atoms with Crippen molar-refractivity contribution < 1.29 is 24.5 Å². The lowest BCUT2D eigenvalue weighted by molar-refractivity contribution is 0.0693. The van der Waals surface area contributed by atoms with Gasteiger partial charge in [-0.1, -0.05) is 6.07 Å². The number of ether oxygens (including phenoxy) is 1. The second kappa shape index (κ2) is 7.34. The first kappa shape index (κ1) is 15.8. The van der Waals surface area contributed by atoms with E-state index in [4.69, 9.17) is 9.84 Å². The van der Waals surface area contributed by atoms with E-state index in [-0.39, 0.29) is 17.3 Å². The molecular formula is C13H18N2O5. The van der Waals surface area contributed by atoms with E-state index in [2.05, 4.69) is 10.6 Å². The maximum atomic E-state index is 11.7. The van der Waals surface area contributed by atoms with E-state index in [0.29, 0.717) is 13.0 Å². The Hall–Kier alpha value is -2.28. The molecule has 0 aliphatic heterocycles. The summed E-state index contributed by atoms with van der Waals surface area (Å²) in [5.74, 6) is -1.74. The zero-order chi connectivity index (χ0) is 15.1. The van der Waals surface area contributed by atoms with E-state index in [1.807, 2.05) is 6.92 Å². The smallest absolute Gasteiger partial charge is 0.339 e. The number of amides is 2. The Morgan fingerprint density at radius 1 is 1.40 bits per heavy atom. The number of urea groups is 1. The van der Waals surface area contributed by atoms with Crippen LogP contribution in [0.15, 0.2) is 18.2 Å². The largest absolute Gasteiger partial charge is 0.505 e. The number of carboxylic acids is 1. The summed E-state index contributed by atoms with van der Waals surface area (Å²) >= 11 is 0. The Labute approximate surface area is 116 Å². The second-order valence-electron chi connectivity index (χ2n) is 4.29. The summed E-state index contributed by atoms with van der Waals surface area (Å²) in [5, 5.41) is 23.7. The summed E-state index contributed by atoms with van der Waals surface area (Å²) in [4.78, 5) is 22.6. The van der Waals surface area contributed by atoms with Gasteiger partial charge in [0.2, 0.25) is 0 Å². The monoisotopic (exact) mass is 282 g/mol. The fraction of sp³-hybridized carbons (Fsp3) is 0.385. The molecule has 0 saturated heterocycles. The molecule has 20 heavy (non-hydrogen) atoms. The van der Waals surface area contributed by atoms with Crippen LogP contribution in [-0.4, -0.2) is 42.0 Å². The molecule has 1 rings (SSSR count). The number of carboxylic acid groups (broad SMARTS) is 1. The van der Waals surface area contributed by atoms with Crippen molar-refractivity contribution in [2.24, 2.45) is 0 Å². The second-order valence-corrected chi connectivity index (χ2v) is 4.29. The summed E-state index contributed by atoms with van der Waals surface area (Å²) in [6, 6.07) is 3.47. The molecular weight excluding hydrogens is 264 g/mol. The Morgan fingerprint density at radius 3 is 2.70 bits per heavy atom. The van der Waals surface area contributed by atoms with E-state index in [1.165, 1.54) is 18.2 Å². The van der Waals surface area contributed by atoms with Gasteiger partial charge in [0.05, 0.1) is 5.69 Å².